The summed E-state index contributed by atoms with van der Waals surface area (Å²) in [5.74, 6) is -0.127. The topological polar surface area (TPSA) is 29.1 Å². The summed E-state index contributed by atoms with van der Waals surface area (Å²) in [6, 6.07) is 13.3. The second kappa shape index (κ2) is 6.59. The van der Waals surface area contributed by atoms with E-state index in [1.807, 2.05) is 42.7 Å². The SMILES string of the molecule is CSc1cccc(NC(=O)c2ccc(Br)cc2Br)c1. The molecule has 1 N–H and O–H groups in total. The highest BCUT2D eigenvalue weighted by Gasteiger charge is 2.10. The van der Waals surface area contributed by atoms with E-state index in [2.05, 4.69) is 37.2 Å². The van der Waals surface area contributed by atoms with Crippen LogP contribution in [0.3, 0.4) is 0 Å². The lowest BCUT2D eigenvalue weighted by atomic mass is 10.2. The van der Waals surface area contributed by atoms with Crippen LogP contribution in [-0.4, -0.2) is 12.2 Å². The molecule has 0 fully saturated rings. The van der Waals surface area contributed by atoms with Gasteiger partial charge in [-0.2, -0.15) is 0 Å². The van der Waals surface area contributed by atoms with Crippen molar-refractivity contribution < 1.29 is 4.79 Å². The number of nitrogens with one attached hydrogen (secondary N) is 1. The van der Waals surface area contributed by atoms with Crippen molar-refractivity contribution in [2.75, 3.05) is 11.6 Å². The molecule has 0 aliphatic heterocycles. The molecule has 0 atom stereocenters. The maximum Gasteiger partial charge on any atom is 0.256 e. The Morgan fingerprint density at radius 2 is 1.95 bits per heavy atom. The zero-order chi connectivity index (χ0) is 13.8. The Morgan fingerprint density at radius 3 is 2.63 bits per heavy atom. The Bertz CT molecular complexity index is 616. The van der Waals surface area contributed by atoms with Crippen LogP contribution in [0.4, 0.5) is 5.69 Å². The molecule has 0 unspecified atom stereocenters. The average Bonchev–Trinajstić information content (AvgIpc) is 2.38. The second-order valence-electron chi connectivity index (χ2n) is 3.81. The quantitative estimate of drug-likeness (QED) is 0.718. The molecule has 0 saturated carbocycles. The van der Waals surface area contributed by atoms with E-state index in [0.29, 0.717) is 5.56 Å². The van der Waals surface area contributed by atoms with E-state index in [1.165, 1.54) is 0 Å². The summed E-state index contributed by atoms with van der Waals surface area (Å²) in [5, 5.41) is 2.90. The van der Waals surface area contributed by atoms with Crippen LogP contribution in [0.15, 0.2) is 56.3 Å². The number of hydrogen-bond acceptors (Lipinski definition) is 2. The molecule has 5 heteroatoms. The van der Waals surface area contributed by atoms with Crippen LogP contribution in [0.5, 0.6) is 0 Å². The third-order valence-electron chi connectivity index (χ3n) is 2.50. The van der Waals surface area contributed by atoms with Crippen molar-refractivity contribution in [1.29, 1.82) is 0 Å². The number of halogens is 2. The van der Waals surface area contributed by atoms with Gasteiger partial charge in [-0.15, -0.1) is 11.8 Å². The number of carbonyl (C=O) groups is 1. The van der Waals surface area contributed by atoms with Gasteiger partial charge in [0.2, 0.25) is 0 Å². The lowest BCUT2D eigenvalue weighted by Crippen LogP contribution is -2.12. The summed E-state index contributed by atoms with van der Waals surface area (Å²) < 4.78 is 1.70. The van der Waals surface area contributed by atoms with E-state index in [0.717, 1.165) is 19.5 Å². The number of anilines is 1. The number of benzene rings is 2. The Morgan fingerprint density at radius 1 is 1.16 bits per heavy atom. The molecule has 0 aliphatic rings. The Kier molecular flexibility index (Phi) is 5.07. The van der Waals surface area contributed by atoms with Crippen molar-refractivity contribution in [1.82, 2.24) is 0 Å². The van der Waals surface area contributed by atoms with Crippen molar-refractivity contribution in [2.24, 2.45) is 0 Å². The highest BCUT2D eigenvalue weighted by atomic mass is 79.9. The van der Waals surface area contributed by atoms with Gasteiger partial charge >= 0.3 is 0 Å². The summed E-state index contributed by atoms with van der Waals surface area (Å²) in [7, 11) is 0. The molecule has 2 rings (SSSR count). The highest BCUT2D eigenvalue weighted by Crippen LogP contribution is 2.24. The number of amides is 1. The minimum atomic E-state index is -0.127. The van der Waals surface area contributed by atoms with Gasteiger partial charge < -0.3 is 5.32 Å². The molecule has 0 heterocycles. The van der Waals surface area contributed by atoms with Crippen molar-refractivity contribution in [3.63, 3.8) is 0 Å². The van der Waals surface area contributed by atoms with Gasteiger partial charge in [0.1, 0.15) is 0 Å². The normalized spacial score (nSPS) is 10.3. The summed E-state index contributed by atoms with van der Waals surface area (Å²) in [6.45, 7) is 0. The summed E-state index contributed by atoms with van der Waals surface area (Å²) in [6.07, 6.45) is 2.01. The van der Waals surface area contributed by atoms with E-state index in [9.17, 15) is 4.79 Å². The fraction of sp³-hybridized carbons (Fsp3) is 0.0714. The predicted octanol–water partition coefficient (Wildman–Crippen LogP) is 5.19. The first-order valence-electron chi connectivity index (χ1n) is 5.50. The molecule has 2 aromatic rings. The lowest BCUT2D eigenvalue weighted by Gasteiger charge is -2.08. The molecule has 0 saturated heterocycles. The molecule has 1 amide bonds. The largest absolute Gasteiger partial charge is 0.322 e. The number of rotatable bonds is 3. The van der Waals surface area contributed by atoms with Crippen LogP contribution in [0.25, 0.3) is 0 Å². The van der Waals surface area contributed by atoms with Crippen molar-refractivity contribution in [2.45, 2.75) is 4.90 Å². The summed E-state index contributed by atoms with van der Waals surface area (Å²) in [5.41, 5.74) is 1.41. The molecule has 0 aliphatic carbocycles. The Hall–Kier alpha value is -0.780. The maximum atomic E-state index is 12.2. The first-order chi connectivity index (χ1) is 9.10. The standard InChI is InChI=1S/C14H11Br2NOS/c1-19-11-4-2-3-10(8-11)17-14(18)12-6-5-9(15)7-13(12)16/h2-8H,1H3,(H,17,18). The molecular formula is C14H11Br2NOS. The third-order valence-corrected chi connectivity index (χ3v) is 4.38. The summed E-state index contributed by atoms with van der Waals surface area (Å²) in [4.78, 5) is 13.3. The molecule has 0 radical (unpaired) electrons. The second-order valence-corrected chi connectivity index (χ2v) is 6.46. The zero-order valence-electron chi connectivity index (χ0n) is 10.1. The van der Waals surface area contributed by atoms with Crippen LogP contribution < -0.4 is 5.32 Å². The molecule has 2 nitrogen and oxygen atoms in total. The molecule has 0 aromatic heterocycles. The van der Waals surface area contributed by atoms with Gasteiger partial charge in [0.25, 0.3) is 5.91 Å². The van der Waals surface area contributed by atoms with E-state index in [4.69, 9.17) is 0 Å². The molecule has 19 heavy (non-hydrogen) atoms. The minimum absolute atomic E-state index is 0.127. The number of hydrogen-bond donors (Lipinski definition) is 1. The van der Waals surface area contributed by atoms with Crippen LogP contribution in [0, 0.1) is 0 Å². The first-order valence-corrected chi connectivity index (χ1v) is 8.31. The fourth-order valence-corrected chi connectivity index (χ4v) is 3.26. The van der Waals surface area contributed by atoms with E-state index < -0.39 is 0 Å². The average molecular weight is 401 g/mol. The van der Waals surface area contributed by atoms with Crippen molar-refractivity contribution in [3.05, 3.63) is 57.0 Å². The minimum Gasteiger partial charge on any atom is -0.322 e. The first kappa shape index (κ1) is 14.6. The Labute approximate surface area is 133 Å². The third kappa shape index (κ3) is 3.84. The number of carbonyl (C=O) groups excluding carboxylic acids is 1. The van der Waals surface area contributed by atoms with Gasteiger partial charge in [-0.25, -0.2) is 0 Å². The lowest BCUT2D eigenvalue weighted by molar-refractivity contribution is 0.102. The molecular weight excluding hydrogens is 390 g/mol. The number of thioether (sulfide) groups is 1. The smallest absolute Gasteiger partial charge is 0.256 e. The maximum absolute atomic E-state index is 12.2. The molecule has 0 spiro atoms. The van der Waals surface area contributed by atoms with E-state index >= 15 is 0 Å². The fourth-order valence-electron chi connectivity index (χ4n) is 1.57. The van der Waals surface area contributed by atoms with Gasteiger partial charge in [0.05, 0.1) is 5.56 Å². The van der Waals surface area contributed by atoms with Gasteiger partial charge in [-0.3, -0.25) is 4.79 Å². The monoisotopic (exact) mass is 399 g/mol. The molecule has 98 valence electrons. The van der Waals surface area contributed by atoms with Crippen LogP contribution in [0.1, 0.15) is 10.4 Å². The van der Waals surface area contributed by atoms with Crippen LogP contribution >= 0.6 is 43.6 Å². The summed E-state index contributed by atoms with van der Waals surface area (Å²) >= 11 is 8.41. The van der Waals surface area contributed by atoms with E-state index in [-0.39, 0.29) is 5.91 Å². The van der Waals surface area contributed by atoms with Crippen LogP contribution in [-0.2, 0) is 0 Å². The van der Waals surface area contributed by atoms with Gasteiger partial charge in [0.15, 0.2) is 0 Å². The zero-order valence-corrected chi connectivity index (χ0v) is 14.1. The van der Waals surface area contributed by atoms with Gasteiger partial charge in [-0.1, -0.05) is 22.0 Å². The predicted molar refractivity (Wildman–Crippen MR) is 88.0 cm³/mol. The van der Waals surface area contributed by atoms with Gasteiger partial charge in [0, 0.05) is 19.5 Å². The molecule has 2 aromatic carbocycles. The Balaban J connectivity index is 2.20. The molecule has 0 bridgehead atoms. The van der Waals surface area contributed by atoms with E-state index in [1.54, 1.807) is 17.8 Å². The van der Waals surface area contributed by atoms with Crippen LogP contribution in [0.2, 0.25) is 0 Å². The van der Waals surface area contributed by atoms with Crippen molar-refractivity contribution in [3.8, 4) is 0 Å². The highest BCUT2D eigenvalue weighted by molar-refractivity contribution is 9.11. The van der Waals surface area contributed by atoms with Gasteiger partial charge in [-0.05, 0) is 58.6 Å². The van der Waals surface area contributed by atoms with Crippen molar-refractivity contribution >= 4 is 55.2 Å².